The highest BCUT2D eigenvalue weighted by Gasteiger charge is 2.04. The summed E-state index contributed by atoms with van der Waals surface area (Å²) in [6, 6.07) is 5.95. The van der Waals surface area contributed by atoms with Gasteiger partial charge < -0.3 is 4.74 Å². The number of benzene rings is 1. The second-order valence-corrected chi connectivity index (χ2v) is 5.39. The summed E-state index contributed by atoms with van der Waals surface area (Å²) in [7, 11) is 0. The van der Waals surface area contributed by atoms with Crippen LogP contribution in [0.1, 0.15) is 11.1 Å². The zero-order chi connectivity index (χ0) is 10.8. The van der Waals surface area contributed by atoms with Gasteiger partial charge in [0.15, 0.2) is 3.92 Å². The quantitative estimate of drug-likeness (QED) is 0.843. The lowest BCUT2D eigenvalue weighted by Crippen LogP contribution is -1.86. The summed E-state index contributed by atoms with van der Waals surface area (Å²) in [6.07, 6.45) is 0. The van der Waals surface area contributed by atoms with Gasteiger partial charge in [-0.25, -0.2) is 0 Å². The maximum atomic E-state index is 5.55. The van der Waals surface area contributed by atoms with Crippen molar-refractivity contribution < 1.29 is 4.74 Å². The molecule has 5 heteroatoms. The van der Waals surface area contributed by atoms with Crippen molar-refractivity contribution in [2.75, 3.05) is 0 Å². The summed E-state index contributed by atoms with van der Waals surface area (Å²) in [4.78, 5) is 0. The summed E-state index contributed by atoms with van der Waals surface area (Å²) in [5.74, 6) is 0.793. The van der Waals surface area contributed by atoms with E-state index < -0.39 is 0 Å². The Labute approximate surface area is 100 Å². The van der Waals surface area contributed by atoms with Crippen LogP contribution in [0.3, 0.4) is 0 Å². The van der Waals surface area contributed by atoms with Crippen LogP contribution in [0.4, 0.5) is 0 Å². The monoisotopic (exact) mass is 284 g/mol. The van der Waals surface area contributed by atoms with Gasteiger partial charge in [0.05, 0.1) is 0 Å². The minimum atomic E-state index is 0.546. The molecule has 1 aromatic heterocycles. The van der Waals surface area contributed by atoms with Crippen molar-refractivity contribution in [3.05, 3.63) is 33.2 Å². The average Bonchev–Trinajstić information content (AvgIpc) is 2.58. The van der Waals surface area contributed by atoms with Crippen LogP contribution in [-0.2, 0) is 0 Å². The number of ether oxygens (including phenoxy) is 1. The first-order valence-electron chi connectivity index (χ1n) is 4.39. The normalized spacial score (nSPS) is 10.3. The van der Waals surface area contributed by atoms with Crippen LogP contribution in [0, 0.1) is 13.8 Å². The molecule has 0 spiro atoms. The molecule has 2 aromatic rings. The van der Waals surface area contributed by atoms with E-state index in [4.69, 9.17) is 4.74 Å². The van der Waals surface area contributed by atoms with Crippen molar-refractivity contribution in [3.63, 3.8) is 0 Å². The lowest BCUT2D eigenvalue weighted by atomic mass is 10.1. The van der Waals surface area contributed by atoms with Gasteiger partial charge >= 0.3 is 0 Å². The Morgan fingerprint density at radius 3 is 2.60 bits per heavy atom. The zero-order valence-corrected chi connectivity index (χ0v) is 10.7. The molecule has 1 aromatic carbocycles. The fourth-order valence-electron chi connectivity index (χ4n) is 1.11. The number of hydrogen-bond donors (Lipinski definition) is 0. The Morgan fingerprint density at radius 1 is 1.20 bits per heavy atom. The largest absolute Gasteiger partial charge is 0.430 e. The van der Waals surface area contributed by atoms with E-state index in [1.807, 2.05) is 18.2 Å². The highest BCUT2D eigenvalue weighted by molar-refractivity contribution is 9.11. The minimum Gasteiger partial charge on any atom is -0.430 e. The minimum absolute atomic E-state index is 0.546. The Kier molecular flexibility index (Phi) is 3.02. The van der Waals surface area contributed by atoms with E-state index in [9.17, 15) is 0 Å². The van der Waals surface area contributed by atoms with Gasteiger partial charge in [-0.15, -0.1) is 5.10 Å². The first-order chi connectivity index (χ1) is 7.15. The molecular formula is C10H9BrN2OS. The number of halogens is 1. The molecule has 0 bridgehead atoms. The summed E-state index contributed by atoms with van der Waals surface area (Å²) >= 11 is 4.60. The van der Waals surface area contributed by atoms with Crippen LogP contribution in [-0.4, -0.2) is 10.2 Å². The fourth-order valence-corrected chi connectivity index (χ4v) is 2.05. The van der Waals surface area contributed by atoms with Gasteiger partial charge in [0, 0.05) is 0 Å². The lowest BCUT2D eigenvalue weighted by Gasteiger charge is -2.03. The number of nitrogens with zero attached hydrogens (tertiary/aromatic N) is 2. The highest BCUT2D eigenvalue weighted by Crippen LogP contribution is 2.28. The summed E-state index contributed by atoms with van der Waals surface area (Å²) in [6.45, 7) is 4.12. The van der Waals surface area contributed by atoms with Crippen LogP contribution in [0.5, 0.6) is 10.9 Å². The van der Waals surface area contributed by atoms with Gasteiger partial charge in [0.25, 0.3) is 5.19 Å². The molecule has 1 heterocycles. The van der Waals surface area contributed by atoms with Crippen molar-refractivity contribution in [3.8, 4) is 10.9 Å². The van der Waals surface area contributed by atoms with Crippen LogP contribution in [0.2, 0.25) is 0 Å². The van der Waals surface area contributed by atoms with Crippen LogP contribution in [0.15, 0.2) is 22.1 Å². The maximum Gasteiger partial charge on any atom is 0.300 e. The van der Waals surface area contributed by atoms with E-state index >= 15 is 0 Å². The molecule has 0 aliphatic heterocycles. The highest BCUT2D eigenvalue weighted by atomic mass is 79.9. The molecule has 0 aliphatic carbocycles. The number of hydrogen-bond acceptors (Lipinski definition) is 4. The Balaban J connectivity index is 2.21. The van der Waals surface area contributed by atoms with Crippen molar-refractivity contribution in [1.82, 2.24) is 10.2 Å². The lowest BCUT2D eigenvalue weighted by molar-refractivity contribution is 0.472. The van der Waals surface area contributed by atoms with E-state index in [1.54, 1.807) is 0 Å². The van der Waals surface area contributed by atoms with Gasteiger partial charge in [0.2, 0.25) is 0 Å². The molecule has 0 unspecified atom stereocenters. The van der Waals surface area contributed by atoms with E-state index in [-0.39, 0.29) is 0 Å². The zero-order valence-electron chi connectivity index (χ0n) is 8.32. The average molecular weight is 285 g/mol. The molecule has 3 nitrogen and oxygen atoms in total. The van der Waals surface area contributed by atoms with Gasteiger partial charge in [-0.3, -0.25) is 0 Å². The van der Waals surface area contributed by atoms with Crippen LogP contribution < -0.4 is 4.74 Å². The predicted molar refractivity (Wildman–Crippen MR) is 63.6 cm³/mol. The smallest absolute Gasteiger partial charge is 0.300 e. The van der Waals surface area contributed by atoms with E-state index in [0.29, 0.717) is 5.19 Å². The Bertz CT molecular complexity index is 484. The molecule has 2 rings (SSSR count). The third-order valence-electron chi connectivity index (χ3n) is 2.07. The maximum absolute atomic E-state index is 5.55. The van der Waals surface area contributed by atoms with E-state index in [0.717, 1.165) is 9.67 Å². The molecule has 0 atom stereocenters. The van der Waals surface area contributed by atoms with Crippen LogP contribution >= 0.6 is 27.3 Å². The first kappa shape index (κ1) is 10.6. The van der Waals surface area contributed by atoms with Gasteiger partial charge in [0.1, 0.15) is 5.75 Å². The van der Waals surface area contributed by atoms with Gasteiger partial charge in [-0.2, -0.15) is 0 Å². The Hall–Kier alpha value is -0.940. The number of aryl methyl sites for hydroxylation is 2. The van der Waals surface area contributed by atoms with E-state index in [1.165, 1.54) is 22.5 Å². The summed E-state index contributed by atoms with van der Waals surface area (Å²) < 4.78 is 6.27. The van der Waals surface area contributed by atoms with Gasteiger partial charge in [-0.1, -0.05) is 11.2 Å². The van der Waals surface area contributed by atoms with Crippen molar-refractivity contribution in [1.29, 1.82) is 0 Å². The SMILES string of the molecule is Cc1ccc(Oc2nnc(Br)s2)cc1C. The topological polar surface area (TPSA) is 35.0 Å². The molecule has 0 amide bonds. The molecule has 15 heavy (non-hydrogen) atoms. The summed E-state index contributed by atoms with van der Waals surface area (Å²) in [5.41, 5.74) is 2.46. The predicted octanol–water partition coefficient (Wildman–Crippen LogP) is 3.71. The first-order valence-corrected chi connectivity index (χ1v) is 6.00. The van der Waals surface area contributed by atoms with E-state index in [2.05, 4.69) is 40.0 Å². The van der Waals surface area contributed by atoms with Crippen molar-refractivity contribution >= 4 is 27.3 Å². The molecule has 0 radical (unpaired) electrons. The molecule has 0 fully saturated rings. The third-order valence-corrected chi connectivity index (χ3v) is 3.30. The molecule has 0 saturated heterocycles. The van der Waals surface area contributed by atoms with Gasteiger partial charge in [-0.05, 0) is 64.4 Å². The molecule has 78 valence electrons. The second-order valence-electron chi connectivity index (χ2n) is 3.17. The van der Waals surface area contributed by atoms with Crippen molar-refractivity contribution in [2.45, 2.75) is 13.8 Å². The molecule has 0 aliphatic rings. The molecule has 0 N–H and O–H groups in total. The standard InChI is InChI=1S/C10H9BrN2OS/c1-6-3-4-8(5-7(6)2)14-10-13-12-9(11)15-10/h3-5H,1-2H3. The second kappa shape index (κ2) is 4.28. The Morgan fingerprint density at radius 2 is 2.00 bits per heavy atom. The number of rotatable bonds is 2. The molecular weight excluding hydrogens is 276 g/mol. The summed E-state index contributed by atoms with van der Waals surface area (Å²) in [5, 5.41) is 8.22. The molecule has 0 saturated carbocycles. The third kappa shape index (κ3) is 2.54. The van der Waals surface area contributed by atoms with Crippen LogP contribution in [0.25, 0.3) is 0 Å². The fraction of sp³-hybridized carbons (Fsp3) is 0.200. The number of aromatic nitrogens is 2. The van der Waals surface area contributed by atoms with Crippen molar-refractivity contribution in [2.24, 2.45) is 0 Å².